The van der Waals surface area contributed by atoms with E-state index < -0.39 is 0 Å². The van der Waals surface area contributed by atoms with Crippen molar-refractivity contribution in [2.24, 2.45) is 0 Å². The van der Waals surface area contributed by atoms with Crippen molar-refractivity contribution < 1.29 is 4.74 Å². The lowest BCUT2D eigenvalue weighted by molar-refractivity contribution is 0.148. The topological polar surface area (TPSA) is 21.3 Å². The number of likely N-dealkylation sites (N-methyl/N-ethyl adjacent to an activating group) is 1. The molecule has 0 bridgehead atoms. The molecular formula is C18H29NO. The largest absolute Gasteiger partial charge is 0.489 e. The molecule has 1 saturated carbocycles. The van der Waals surface area contributed by atoms with Crippen LogP contribution in [0.2, 0.25) is 0 Å². The SMILES string of the molecule is CNC1CCCCCC1Oc1ccc(C(C)C)c(C)c1. The fourth-order valence-corrected chi connectivity index (χ4v) is 3.29. The second-order valence-corrected chi connectivity index (χ2v) is 6.36. The van der Waals surface area contributed by atoms with Crippen molar-refractivity contribution in [2.45, 2.75) is 70.9 Å². The Morgan fingerprint density at radius 3 is 2.55 bits per heavy atom. The maximum Gasteiger partial charge on any atom is 0.120 e. The van der Waals surface area contributed by atoms with E-state index in [1.165, 1.54) is 36.8 Å². The molecule has 1 fully saturated rings. The summed E-state index contributed by atoms with van der Waals surface area (Å²) in [5.41, 5.74) is 2.76. The van der Waals surface area contributed by atoms with Gasteiger partial charge in [-0.2, -0.15) is 0 Å². The zero-order chi connectivity index (χ0) is 14.5. The summed E-state index contributed by atoms with van der Waals surface area (Å²) in [7, 11) is 2.06. The van der Waals surface area contributed by atoms with E-state index >= 15 is 0 Å². The smallest absolute Gasteiger partial charge is 0.120 e. The van der Waals surface area contributed by atoms with Crippen LogP contribution in [-0.2, 0) is 0 Å². The molecule has 1 aliphatic carbocycles. The number of benzene rings is 1. The van der Waals surface area contributed by atoms with Gasteiger partial charge in [-0.15, -0.1) is 0 Å². The minimum atomic E-state index is 0.312. The summed E-state index contributed by atoms with van der Waals surface area (Å²) < 4.78 is 6.29. The third-order valence-electron chi connectivity index (χ3n) is 4.47. The molecule has 2 rings (SSSR count). The molecule has 0 aliphatic heterocycles. The Balaban J connectivity index is 2.09. The van der Waals surface area contributed by atoms with Gasteiger partial charge in [-0.3, -0.25) is 0 Å². The lowest BCUT2D eigenvalue weighted by Crippen LogP contribution is -2.40. The molecule has 0 amide bonds. The first-order chi connectivity index (χ1) is 9.61. The molecule has 112 valence electrons. The van der Waals surface area contributed by atoms with Crippen LogP contribution in [0.15, 0.2) is 18.2 Å². The van der Waals surface area contributed by atoms with Gasteiger partial charge < -0.3 is 10.1 Å². The Bertz CT molecular complexity index is 427. The average molecular weight is 275 g/mol. The maximum absolute atomic E-state index is 6.29. The molecule has 0 radical (unpaired) electrons. The van der Waals surface area contributed by atoms with Crippen LogP contribution in [0.4, 0.5) is 0 Å². The highest BCUT2D eigenvalue weighted by molar-refractivity contribution is 5.36. The van der Waals surface area contributed by atoms with Gasteiger partial charge in [0.1, 0.15) is 11.9 Å². The van der Waals surface area contributed by atoms with E-state index in [-0.39, 0.29) is 0 Å². The Hall–Kier alpha value is -1.02. The van der Waals surface area contributed by atoms with Crippen LogP contribution >= 0.6 is 0 Å². The molecule has 0 heterocycles. The van der Waals surface area contributed by atoms with Gasteiger partial charge in [-0.1, -0.05) is 32.8 Å². The van der Waals surface area contributed by atoms with Crippen LogP contribution in [0.3, 0.4) is 0 Å². The molecule has 1 N–H and O–H groups in total. The van der Waals surface area contributed by atoms with E-state index in [0.717, 1.165) is 12.2 Å². The van der Waals surface area contributed by atoms with Gasteiger partial charge in [0.05, 0.1) is 0 Å². The summed E-state index contributed by atoms with van der Waals surface area (Å²) in [4.78, 5) is 0. The predicted octanol–water partition coefficient (Wildman–Crippen LogP) is 4.42. The van der Waals surface area contributed by atoms with Crippen LogP contribution < -0.4 is 10.1 Å². The number of nitrogens with one attached hydrogen (secondary N) is 1. The van der Waals surface area contributed by atoms with Gasteiger partial charge in [0.25, 0.3) is 0 Å². The number of hydrogen-bond acceptors (Lipinski definition) is 2. The van der Waals surface area contributed by atoms with Crippen molar-refractivity contribution in [1.29, 1.82) is 0 Å². The van der Waals surface area contributed by atoms with Crippen LogP contribution in [0, 0.1) is 6.92 Å². The zero-order valence-corrected chi connectivity index (χ0v) is 13.4. The fraction of sp³-hybridized carbons (Fsp3) is 0.667. The number of hydrogen-bond donors (Lipinski definition) is 1. The summed E-state index contributed by atoms with van der Waals surface area (Å²) in [6, 6.07) is 7.05. The van der Waals surface area contributed by atoms with Crippen molar-refractivity contribution in [2.75, 3.05) is 7.05 Å². The Labute approximate surface area is 123 Å². The predicted molar refractivity (Wildman–Crippen MR) is 85.6 cm³/mol. The molecule has 2 atom stereocenters. The van der Waals surface area contributed by atoms with Gasteiger partial charge in [-0.05, 0) is 62.4 Å². The van der Waals surface area contributed by atoms with E-state index in [2.05, 4.69) is 51.3 Å². The number of aryl methyl sites for hydroxylation is 1. The zero-order valence-electron chi connectivity index (χ0n) is 13.4. The minimum absolute atomic E-state index is 0.312. The molecule has 0 spiro atoms. The molecule has 1 aromatic rings. The van der Waals surface area contributed by atoms with Crippen LogP contribution in [0.5, 0.6) is 5.75 Å². The van der Waals surface area contributed by atoms with Crippen LogP contribution in [-0.4, -0.2) is 19.2 Å². The second-order valence-electron chi connectivity index (χ2n) is 6.36. The number of rotatable bonds is 4. The van der Waals surface area contributed by atoms with Gasteiger partial charge in [0.15, 0.2) is 0 Å². The van der Waals surface area contributed by atoms with E-state index in [1.807, 2.05) is 0 Å². The third-order valence-corrected chi connectivity index (χ3v) is 4.47. The average Bonchev–Trinajstić information content (AvgIpc) is 2.63. The summed E-state index contributed by atoms with van der Waals surface area (Å²) >= 11 is 0. The van der Waals surface area contributed by atoms with Crippen molar-refractivity contribution in [1.82, 2.24) is 5.32 Å². The highest BCUT2D eigenvalue weighted by Crippen LogP contribution is 2.27. The minimum Gasteiger partial charge on any atom is -0.489 e. The molecular weight excluding hydrogens is 246 g/mol. The quantitative estimate of drug-likeness (QED) is 0.821. The van der Waals surface area contributed by atoms with E-state index in [4.69, 9.17) is 4.74 Å². The van der Waals surface area contributed by atoms with E-state index in [1.54, 1.807) is 0 Å². The molecule has 2 unspecified atom stereocenters. The van der Waals surface area contributed by atoms with Crippen molar-refractivity contribution in [3.63, 3.8) is 0 Å². The molecule has 0 aromatic heterocycles. The molecule has 2 heteroatoms. The highest BCUT2D eigenvalue weighted by atomic mass is 16.5. The number of ether oxygens (including phenoxy) is 1. The molecule has 2 nitrogen and oxygen atoms in total. The first-order valence-corrected chi connectivity index (χ1v) is 8.06. The van der Waals surface area contributed by atoms with Crippen molar-refractivity contribution >= 4 is 0 Å². The van der Waals surface area contributed by atoms with Crippen LogP contribution in [0.25, 0.3) is 0 Å². The van der Waals surface area contributed by atoms with Crippen LogP contribution in [0.1, 0.15) is 63.0 Å². The van der Waals surface area contributed by atoms with Gasteiger partial charge >= 0.3 is 0 Å². The first-order valence-electron chi connectivity index (χ1n) is 8.06. The lowest BCUT2D eigenvalue weighted by Gasteiger charge is -2.26. The van der Waals surface area contributed by atoms with Gasteiger partial charge in [-0.25, -0.2) is 0 Å². The monoisotopic (exact) mass is 275 g/mol. The Morgan fingerprint density at radius 2 is 1.90 bits per heavy atom. The summed E-state index contributed by atoms with van der Waals surface area (Å²) in [5, 5.41) is 3.43. The van der Waals surface area contributed by atoms with Crippen molar-refractivity contribution in [3.8, 4) is 5.75 Å². The third kappa shape index (κ3) is 3.76. The molecule has 0 saturated heterocycles. The Kier molecular flexibility index (Phi) is 5.47. The summed E-state index contributed by atoms with van der Waals surface area (Å²) in [6.45, 7) is 6.67. The Morgan fingerprint density at radius 1 is 1.15 bits per heavy atom. The van der Waals surface area contributed by atoms with E-state index in [9.17, 15) is 0 Å². The highest BCUT2D eigenvalue weighted by Gasteiger charge is 2.24. The van der Waals surface area contributed by atoms with Gasteiger partial charge in [0.2, 0.25) is 0 Å². The van der Waals surface area contributed by atoms with Crippen molar-refractivity contribution in [3.05, 3.63) is 29.3 Å². The maximum atomic E-state index is 6.29. The summed E-state index contributed by atoms with van der Waals surface area (Å²) in [6.07, 6.45) is 6.64. The second kappa shape index (κ2) is 7.12. The van der Waals surface area contributed by atoms with E-state index in [0.29, 0.717) is 18.1 Å². The molecule has 1 aromatic carbocycles. The molecule has 20 heavy (non-hydrogen) atoms. The lowest BCUT2D eigenvalue weighted by atomic mass is 9.98. The molecule has 1 aliphatic rings. The standard InChI is InChI=1S/C18H29NO/c1-13(2)16-11-10-15(12-14(16)3)20-18-9-7-5-6-8-17(18)19-4/h10-13,17-19H,5-9H2,1-4H3. The summed E-state index contributed by atoms with van der Waals surface area (Å²) in [5.74, 6) is 1.60. The normalized spacial score (nSPS) is 23.6. The first kappa shape index (κ1) is 15.4. The fourth-order valence-electron chi connectivity index (χ4n) is 3.29. The van der Waals surface area contributed by atoms with Gasteiger partial charge in [0, 0.05) is 6.04 Å².